The summed E-state index contributed by atoms with van der Waals surface area (Å²) in [5.74, 6) is 0. The molecule has 1 unspecified atom stereocenters. The summed E-state index contributed by atoms with van der Waals surface area (Å²) >= 11 is 18.2. The zero-order valence-electron chi connectivity index (χ0n) is 11.3. The first-order valence-corrected chi connectivity index (χ1v) is 7.57. The molecule has 20 heavy (non-hydrogen) atoms. The summed E-state index contributed by atoms with van der Waals surface area (Å²) in [6, 6.07) is 13.7. The van der Waals surface area contributed by atoms with Gasteiger partial charge in [-0.2, -0.15) is 0 Å². The fraction of sp³-hybridized carbons (Fsp3) is 0.250. The van der Waals surface area contributed by atoms with Crippen LogP contribution in [0.2, 0.25) is 15.1 Å². The third kappa shape index (κ3) is 3.89. The summed E-state index contributed by atoms with van der Waals surface area (Å²) < 4.78 is 0. The van der Waals surface area contributed by atoms with Crippen LogP contribution in [-0.2, 0) is 0 Å². The fourth-order valence-electron chi connectivity index (χ4n) is 2.19. The number of rotatable bonds is 4. The maximum Gasteiger partial charge on any atom is 0.0468 e. The van der Waals surface area contributed by atoms with E-state index in [1.54, 1.807) is 6.07 Å². The predicted molar refractivity (Wildman–Crippen MR) is 87.9 cm³/mol. The molecule has 2 atom stereocenters. The van der Waals surface area contributed by atoms with E-state index in [4.69, 9.17) is 34.8 Å². The van der Waals surface area contributed by atoms with Crippen molar-refractivity contribution in [2.24, 2.45) is 0 Å². The second-order valence-electron chi connectivity index (χ2n) is 4.83. The second kappa shape index (κ2) is 6.82. The molecule has 0 aliphatic rings. The van der Waals surface area contributed by atoms with Crippen LogP contribution in [0.3, 0.4) is 0 Å². The highest BCUT2D eigenvalue weighted by atomic mass is 35.5. The zero-order valence-corrected chi connectivity index (χ0v) is 13.6. The largest absolute Gasteiger partial charge is 0.304 e. The van der Waals surface area contributed by atoms with Crippen molar-refractivity contribution in [2.45, 2.75) is 25.9 Å². The van der Waals surface area contributed by atoms with Crippen LogP contribution in [-0.4, -0.2) is 0 Å². The molecule has 2 aromatic carbocycles. The average Bonchev–Trinajstić information content (AvgIpc) is 2.38. The third-order valence-corrected chi connectivity index (χ3v) is 4.08. The van der Waals surface area contributed by atoms with E-state index < -0.39 is 0 Å². The standard InChI is InChI=1S/C16H16Cl3N/c1-10(12-4-3-5-13(17)8-12)20-11(2)15-7-6-14(18)9-16(15)19/h3-11,20H,1-2H3/t10-,11?/m1/s1. The molecule has 0 aromatic heterocycles. The van der Waals surface area contributed by atoms with Gasteiger partial charge in [0.05, 0.1) is 0 Å². The van der Waals surface area contributed by atoms with Gasteiger partial charge in [-0.3, -0.25) is 0 Å². The maximum absolute atomic E-state index is 6.23. The van der Waals surface area contributed by atoms with Crippen LogP contribution in [0.15, 0.2) is 42.5 Å². The molecule has 0 bridgehead atoms. The molecule has 0 aliphatic carbocycles. The van der Waals surface area contributed by atoms with Gasteiger partial charge < -0.3 is 5.32 Å². The Morgan fingerprint density at radius 3 is 2.20 bits per heavy atom. The third-order valence-electron chi connectivity index (χ3n) is 3.28. The molecule has 4 heteroatoms. The number of benzene rings is 2. The summed E-state index contributed by atoms with van der Waals surface area (Å²) in [6.07, 6.45) is 0. The molecule has 0 radical (unpaired) electrons. The lowest BCUT2D eigenvalue weighted by Gasteiger charge is -2.22. The Labute approximate surface area is 134 Å². The minimum atomic E-state index is 0.119. The minimum absolute atomic E-state index is 0.119. The highest BCUT2D eigenvalue weighted by Crippen LogP contribution is 2.28. The van der Waals surface area contributed by atoms with E-state index in [1.165, 1.54) is 0 Å². The van der Waals surface area contributed by atoms with Crippen LogP contribution in [0.5, 0.6) is 0 Å². The van der Waals surface area contributed by atoms with Crippen molar-refractivity contribution in [2.75, 3.05) is 0 Å². The molecule has 2 rings (SSSR count). The Morgan fingerprint density at radius 1 is 0.850 bits per heavy atom. The van der Waals surface area contributed by atoms with Gasteiger partial charge in [0.15, 0.2) is 0 Å². The van der Waals surface area contributed by atoms with Crippen LogP contribution in [0.4, 0.5) is 0 Å². The Morgan fingerprint density at radius 2 is 1.55 bits per heavy atom. The van der Waals surface area contributed by atoms with Crippen molar-refractivity contribution in [3.63, 3.8) is 0 Å². The van der Waals surface area contributed by atoms with Crippen molar-refractivity contribution in [3.05, 3.63) is 68.7 Å². The predicted octanol–water partition coefficient (Wildman–Crippen LogP) is 6.06. The number of hydrogen-bond donors (Lipinski definition) is 1. The van der Waals surface area contributed by atoms with Gasteiger partial charge in [0, 0.05) is 27.2 Å². The Balaban J connectivity index is 2.12. The average molecular weight is 329 g/mol. The van der Waals surface area contributed by atoms with Gasteiger partial charge in [-0.25, -0.2) is 0 Å². The summed E-state index contributed by atoms with van der Waals surface area (Å²) in [5, 5.41) is 5.58. The van der Waals surface area contributed by atoms with E-state index in [9.17, 15) is 0 Å². The van der Waals surface area contributed by atoms with Crippen molar-refractivity contribution in [3.8, 4) is 0 Å². The normalized spacial score (nSPS) is 14.1. The van der Waals surface area contributed by atoms with Gasteiger partial charge in [0.2, 0.25) is 0 Å². The molecule has 2 aromatic rings. The van der Waals surface area contributed by atoms with Gasteiger partial charge in [0.1, 0.15) is 0 Å². The molecule has 1 nitrogen and oxygen atoms in total. The molecule has 0 aliphatic heterocycles. The summed E-state index contributed by atoms with van der Waals surface area (Å²) in [4.78, 5) is 0. The first kappa shape index (κ1) is 15.7. The van der Waals surface area contributed by atoms with Crippen molar-refractivity contribution in [1.82, 2.24) is 5.32 Å². The minimum Gasteiger partial charge on any atom is -0.304 e. The van der Waals surface area contributed by atoms with E-state index in [0.717, 1.165) is 16.1 Å². The van der Waals surface area contributed by atoms with Crippen LogP contribution in [0.25, 0.3) is 0 Å². The molecule has 0 heterocycles. The first-order chi connectivity index (χ1) is 9.47. The number of nitrogens with one attached hydrogen (secondary N) is 1. The van der Waals surface area contributed by atoms with E-state index in [1.807, 2.05) is 30.3 Å². The Bertz CT molecular complexity index is 598. The highest BCUT2D eigenvalue weighted by molar-refractivity contribution is 6.35. The van der Waals surface area contributed by atoms with Crippen LogP contribution in [0, 0.1) is 0 Å². The maximum atomic E-state index is 6.23. The quantitative estimate of drug-likeness (QED) is 0.719. The monoisotopic (exact) mass is 327 g/mol. The van der Waals surface area contributed by atoms with Gasteiger partial charge in [-0.1, -0.05) is 53.0 Å². The Kier molecular flexibility index (Phi) is 5.34. The van der Waals surface area contributed by atoms with Gasteiger partial charge in [-0.15, -0.1) is 0 Å². The van der Waals surface area contributed by atoms with Gasteiger partial charge in [0.25, 0.3) is 0 Å². The lowest BCUT2D eigenvalue weighted by molar-refractivity contribution is 0.495. The van der Waals surface area contributed by atoms with Crippen molar-refractivity contribution < 1.29 is 0 Å². The lowest BCUT2D eigenvalue weighted by Crippen LogP contribution is -2.22. The van der Waals surface area contributed by atoms with Crippen LogP contribution in [0.1, 0.15) is 37.1 Å². The smallest absolute Gasteiger partial charge is 0.0468 e. The zero-order chi connectivity index (χ0) is 14.7. The molecular weight excluding hydrogens is 313 g/mol. The molecular formula is C16H16Cl3N. The molecule has 0 saturated carbocycles. The van der Waals surface area contributed by atoms with E-state index in [0.29, 0.717) is 10.0 Å². The molecule has 0 amide bonds. The summed E-state index contributed by atoms with van der Waals surface area (Å²) in [5.41, 5.74) is 2.18. The first-order valence-electron chi connectivity index (χ1n) is 6.44. The number of hydrogen-bond acceptors (Lipinski definition) is 1. The van der Waals surface area contributed by atoms with E-state index in [2.05, 4.69) is 25.2 Å². The molecule has 0 fully saturated rings. The highest BCUT2D eigenvalue weighted by Gasteiger charge is 2.14. The van der Waals surface area contributed by atoms with E-state index >= 15 is 0 Å². The molecule has 1 N–H and O–H groups in total. The molecule has 106 valence electrons. The van der Waals surface area contributed by atoms with Gasteiger partial charge >= 0.3 is 0 Å². The molecule has 0 saturated heterocycles. The van der Waals surface area contributed by atoms with Gasteiger partial charge in [-0.05, 0) is 49.2 Å². The van der Waals surface area contributed by atoms with E-state index in [-0.39, 0.29) is 12.1 Å². The summed E-state index contributed by atoms with van der Waals surface area (Å²) in [7, 11) is 0. The number of halogens is 3. The summed E-state index contributed by atoms with van der Waals surface area (Å²) in [6.45, 7) is 4.18. The molecule has 0 spiro atoms. The Hall–Kier alpha value is -0.730. The lowest BCUT2D eigenvalue weighted by atomic mass is 10.0. The van der Waals surface area contributed by atoms with Crippen LogP contribution >= 0.6 is 34.8 Å². The SMILES string of the molecule is CC(N[C@H](C)c1cccc(Cl)c1)c1ccc(Cl)cc1Cl. The second-order valence-corrected chi connectivity index (χ2v) is 6.11. The topological polar surface area (TPSA) is 12.0 Å². The fourth-order valence-corrected chi connectivity index (χ4v) is 2.96. The van der Waals surface area contributed by atoms with Crippen molar-refractivity contribution in [1.29, 1.82) is 0 Å². The van der Waals surface area contributed by atoms with Crippen LogP contribution < -0.4 is 5.32 Å². The van der Waals surface area contributed by atoms with Crippen molar-refractivity contribution >= 4 is 34.8 Å².